The van der Waals surface area contributed by atoms with E-state index < -0.39 is 0 Å². The molecular weight excluding hydrogens is 236 g/mol. The first-order valence-electron chi connectivity index (χ1n) is 7.48. The molecule has 1 saturated heterocycles. The van der Waals surface area contributed by atoms with Gasteiger partial charge in [-0.1, -0.05) is 31.0 Å². The van der Waals surface area contributed by atoms with Gasteiger partial charge in [0.15, 0.2) is 0 Å². The van der Waals surface area contributed by atoms with Crippen LogP contribution in [0.25, 0.3) is 0 Å². The van der Waals surface area contributed by atoms with Crippen molar-refractivity contribution in [2.45, 2.75) is 51.3 Å². The molecule has 0 aromatic heterocycles. The highest BCUT2D eigenvalue weighted by molar-refractivity contribution is 5.60. The second-order valence-electron chi connectivity index (χ2n) is 5.74. The fourth-order valence-electron chi connectivity index (χ4n) is 3.67. The number of morpholine rings is 1. The highest BCUT2D eigenvalue weighted by Crippen LogP contribution is 2.35. The molecule has 2 atom stereocenters. The van der Waals surface area contributed by atoms with Crippen LogP contribution in [-0.4, -0.2) is 25.3 Å². The summed E-state index contributed by atoms with van der Waals surface area (Å²) < 4.78 is 5.97. The van der Waals surface area contributed by atoms with Crippen LogP contribution in [0.5, 0.6) is 0 Å². The van der Waals surface area contributed by atoms with Gasteiger partial charge in [-0.2, -0.15) is 0 Å². The number of nitrogens with zero attached hydrogens (tertiary/aromatic N) is 1. The molecule has 1 aromatic carbocycles. The van der Waals surface area contributed by atoms with Gasteiger partial charge in [0.1, 0.15) is 0 Å². The van der Waals surface area contributed by atoms with Gasteiger partial charge in [-0.15, -0.1) is 0 Å². The van der Waals surface area contributed by atoms with E-state index in [1.54, 1.807) is 0 Å². The van der Waals surface area contributed by atoms with Crippen molar-refractivity contribution in [1.29, 1.82) is 0 Å². The highest BCUT2D eigenvalue weighted by Gasteiger charge is 2.35. The lowest BCUT2D eigenvalue weighted by atomic mass is 9.89. The van der Waals surface area contributed by atoms with E-state index in [0.29, 0.717) is 18.7 Å². The third-order valence-corrected chi connectivity index (χ3v) is 4.56. The van der Waals surface area contributed by atoms with Crippen molar-refractivity contribution in [2.24, 2.45) is 5.73 Å². The summed E-state index contributed by atoms with van der Waals surface area (Å²) in [6.07, 6.45) is 5.53. The van der Waals surface area contributed by atoms with Gasteiger partial charge in [0.25, 0.3) is 0 Å². The Morgan fingerprint density at radius 2 is 2.16 bits per heavy atom. The Hall–Kier alpha value is -1.06. The number of nitrogens with two attached hydrogens (primary N) is 1. The van der Waals surface area contributed by atoms with E-state index in [9.17, 15) is 0 Å². The number of ether oxygens (including phenoxy) is 1. The minimum absolute atomic E-state index is 0.424. The van der Waals surface area contributed by atoms with E-state index in [2.05, 4.69) is 30.0 Å². The average Bonchev–Trinajstić information content (AvgIpc) is 2.46. The number of aryl methyl sites for hydroxylation is 1. The van der Waals surface area contributed by atoms with Crippen molar-refractivity contribution in [2.75, 3.05) is 18.1 Å². The smallest absolute Gasteiger partial charge is 0.0779 e. The Morgan fingerprint density at radius 1 is 1.32 bits per heavy atom. The predicted molar refractivity (Wildman–Crippen MR) is 78.4 cm³/mol. The molecule has 1 aliphatic carbocycles. The molecule has 2 unspecified atom stereocenters. The molecule has 0 radical (unpaired) electrons. The fraction of sp³-hybridized carbons (Fsp3) is 0.625. The monoisotopic (exact) mass is 260 g/mol. The number of hydrogen-bond donors (Lipinski definition) is 1. The van der Waals surface area contributed by atoms with Gasteiger partial charge in [-0.25, -0.2) is 0 Å². The van der Waals surface area contributed by atoms with E-state index >= 15 is 0 Å². The fourth-order valence-corrected chi connectivity index (χ4v) is 3.67. The van der Waals surface area contributed by atoms with Crippen LogP contribution in [0.3, 0.4) is 0 Å². The molecule has 2 aliphatic rings. The second-order valence-corrected chi connectivity index (χ2v) is 5.74. The lowest BCUT2D eigenvalue weighted by molar-refractivity contribution is -0.00877. The molecule has 1 saturated carbocycles. The Balaban J connectivity index is 1.96. The molecule has 0 amide bonds. The van der Waals surface area contributed by atoms with E-state index in [0.717, 1.165) is 13.2 Å². The van der Waals surface area contributed by atoms with E-state index in [4.69, 9.17) is 10.5 Å². The SMILES string of the molecule is Cc1cccc(CN)c1N1CCOC2CCCCC21. The first-order valence-corrected chi connectivity index (χ1v) is 7.48. The first kappa shape index (κ1) is 12.9. The molecule has 1 aliphatic heterocycles. The molecule has 2 N–H and O–H groups in total. The maximum absolute atomic E-state index is 5.97. The van der Waals surface area contributed by atoms with E-state index in [1.165, 1.54) is 42.5 Å². The van der Waals surface area contributed by atoms with Crippen LogP contribution < -0.4 is 10.6 Å². The third-order valence-electron chi connectivity index (χ3n) is 4.56. The molecule has 0 spiro atoms. The first-order chi connectivity index (χ1) is 9.31. The van der Waals surface area contributed by atoms with Crippen molar-refractivity contribution in [3.8, 4) is 0 Å². The van der Waals surface area contributed by atoms with Crippen molar-refractivity contribution in [3.63, 3.8) is 0 Å². The quantitative estimate of drug-likeness (QED) is 0.888. The molecule has 0 bridgehead atoms. The molecule has 3 nitrogen and oxygen atoms in total. The van der Waals surface area contributed by atoms with Crippen molar-refractivity contribution >= 4 is 5.69 Å². The molecule has 1 aromatic rings. The summed E-state index contributed by atoms with van der Waals surface area (Å²) in [4.78, 5) is 2.57. The Kier molecular flexibility index (Phi) is 3.76. The summed E-state index contributed by atoms with van der Waals surface area (Å²) >= 11 is 0. The number of anilines is 1. The molecule has 3 rings (SSSR count). The molecule has 104 valence electrons. The Labute approximate surface area is 115 Å². The number of benzene rings is 1. The standard InChI is InChI=1S/C16H24N2O/c1-12-5-4-6-13(11-17)16(12)18-9-10-19-15-8-3-2-7-14(15)18/h4-6,14-15H,2-3,7-11,17H2,1H3. The van der Waals surface area contributed by atoms with Crippen LogP contribution in [0, 0.1) is 6.92 Å². The zero-order valence-electron chi connectivity index (χ0n) is 11.8. The van der Waals surface area contributed by atoms with Crippen molar-refractivity contribution in [3.05, 3.63) is 29.3 Å². The van der Waals surface area contributed by atoms with Crippen molar-refractivity contribution < 1.29 is 4.74 Å². The zero-order valence-corrected chi connectivity index (χ0v) is 11.8. The largest absolute Gasteiger partial charge is 0.374 e. The second kappa shape index (κ2) is 5.51. The summed E-state index contributed by atoms with van der Waals surface area (Å²) in [6, 6.07) is 7.02. The normalized spacial score (nSPS) is 27.2. The summed E-state index contributed by atoms with van der Waals surface area (Å²) in [5.41, 5.74) is 9.91. The maximum atomic E-state index is 5.97. The molecule has 3 heteroatoms. The molecule has 1 heterocycles. The van der Waals surface area contributed by atoms with E-state index in [-0.39, 0.29) is 0 Å². The minimum Gasteiger partial charge on any atom is -0.374 e. The van der Waals surface area contributed by atoms with Crippen LogP contribution in [-0.2, 0) is 11.3 Å². The summed E-state index contributed by atoms with van der Waals surface area (Å²) in [5.74, 6) is 0. The summed E-state index contributed by atoms with van der Waals surface area (Å²) in [6.45, 7) is 4.66. The maximum Gasteiger partial charge on any atom is 0.0779 e. The van der Waals surface area contributed by atoms with Gasteiger partial charge in [0.2, 0.25) is 0 Å². The Bertz CT molecular complexity index is 444. The lowest BCUT2D eigenvalue weighted by Gasteiger charge is -2.46. The summed E-state index contributed by atoms with van der Waals surface area (Å²) in [5, 5.41) is 0. The van der Waals surface area contributed by atoms with Gasteiger partial charge >= 0.3 is 0 Å². The number of hydrogen-bond acceptors (Lipinski definition) is 3. The van der Waals surface area contributed by atoms with Crippen LogP contribution in [0.4, 0.5) is 5.69 Å². The molecular formula is C16H24N2O. The van der Waals surface area contributed by atoms with Crippen molar-refractivity contribution in [1.82, 2.24) is 0 Å². The molecule has 2 fully saturated rings. The lowest BCUT2D eigenvalue weighted by Crippen LogP contribution is -2.53. The Morgan fingerprint density at radius 3 is 3.00 bits per heavy atom. The topological polar surface area (TPSA) is 38.5 Å². The molecule has 19 heavy (non-hydrogen) atoms. The summed E-state index contributed by atoms with van der Waals surface area (Å²) in [7, 11) is 0. The highest BCUT2D eigenvalue weighted by atomic mass is 16.5. The average molecular weight is 260 g/mol. The third kappa shape index (κ3) is 2.37. The van der Waals surface area contributed by atoms with Gasteiger partial charge in [-0.3, -0.25) is 0 Å². The van der Waals surface area contributed by atoms with Gasteiger partial charge in [-0.05, 0) is 30.9 Å². The van der Waals surface area contributed by atoms with E-state index in [1.807, 2.05) is 0 Å². The van der Waals surface area contributed by atoms with Crippen LogP contribution in [0.15, 0.2) is 18.2 Å². The van der Waals surface area contributed by atoms with Gasteiger partial charge in [0.05, 0.1) is 18.8 Å². The number of para-hydroxylation sites is 1. The predicted octanol–water partition coefficient (Wildman–Crippen LogP) is 2.60. The van der Waals surface area contributed by atoms with Crippen LogP contribution in [0.1, 0.15) is 36.8 Å². The number of fused-ring (bicyclic) bond motifs is 1. The number of rotatable bonds is 2. The zero-order chi connectivity index (χ0) is 13.2. The van der Waals surface area contributed by atoms with Crippen LogP contribution >= 0.6 is 0 Å². The van der Waals surface area contributed by atoms with Gasteiger partial charge < -0.3 is 15.4 Å². The minimum atomic E-state index is 0.424. The van der Waals surface area contributed by atoms with Gasteiger partial charge in [0, 0.05) is 18.8 Å². The van der Waals surface area contributed by atoms with Crippen LogP contribution in [0.2, 0.25) is 0 Å².